The molecule has 4 aromatic rings. The molecule has 0 saturated carbocycles. The van der Waals surface area contributed by atoms with E-state index < -0.39 is 0 Å². The molecule has 4 rings (SSSR count). The fourth-order valence-corrected chi connectivity index (χ4v) is 4.65. The van der Waals surface area contributed by atoms with Crippen LogP contribution in [-0.2, 0) is 18.6 Å². The zero-order valence-electron chi connectivity index (χ0n) is 21.3. The lowest BCUT2D eigenvalue weighted by atomic mass is 10.0. The number of aryl methyl sites for hydroxylation is 2. The SMILES string of the molecule is CCC(c1nnnn1C(C)(C)C)N(Cc1ccc(F)cc1)Cc1cc2cc(C)cc(C)c2[nH]c1=O. The first-order chi connectivity index (χ1) is 16.6. The molecule has 0 saturated heterocycles. The number of aromatic amines is 1. The van der Waals surface area contributed by atoms with Gasteiger partial charge in [0.15, 0.2) is 5.82 Å². The van der Waals surface area contributed by atoms with Crippen molar-refractivity contribution in [3.05, 3.63) is 86.7 Å². The highest BCUT2D eigenvalue weighted by molar-refractivity contribution is 5.82. The van der Waals surface area contributed by atoms with Crippen LogP contribution in [0.15, 0.2) is 47.3 Å². The van der Waals surface area contributed by atoms with Crippen LogP contribution in [-0.4, -0.2) is 30.1 Å². The first-order valence-electron chi connectivity index (χ1n) is 12.0. The van der Waals surface area contributed by atoms with Crippen molar-refractivity contribution in [2.75, 3.05) is 0 Å². The summed E-state index contributed by atoms with van der Waals surface area (Å²) in [6, 6.07) is 12.5. The van der Waals surface area contributed by atoms with E-state index in [1.165, 1.54) is 12.1 Å². The summed E-state index contributed by atoms with van der Waals surface area (Å²) in [5, 5.41) is 13.6. The highest BCUT2D eigenvalue weighted by Gasteiger charge is 2.29. The quantitative estimate of drug-likeness (QED) is 0.398. The summed E-state index contributed by atoms with van der Waals surface area (Å²) in [7, 11) is 0. The van der Waals surface area contributed by atoms with Crippen molar-refractivity contribution in [2.24, 2.45) is 0 Å². The molecule has 0 aliphatic rings. The monoisotopic (exact) mass is 476 g/mol. The number of H-pyrrole nitrogens is 1. The zero-order chi connectivity index (χ0) is 25.3. The Labute approximate surface area is 205 Å². The number of nitrogens with zero attached hydrogens (tertiary/aromatic N) is 5. The van der Waals surface area contributed by atoms with Gasteiger partial charge < -0.3 is 4.98 Å². The molecule has 1 unspecified atom stereocenters. The van der Waals surface area contributed by atoms with E-state index in [-0.39, 0.29) is 23.0 Å². The van der Waals surface area contributed by atoms with Gasteiger partial charge in [-0.25, -0.2) is 9.07 Å². The lowest BCUT2D eigenvalue weighted by molar-refractivity contribution is 0.153. The van der Waals surface area contributed by atoms with Gasteiger partial charge in [-0.05, 0) is 92.2 Å². The normalized spacial score (nSPS) is 13.0. The molecule has 184 valence electrons. The van der Waals surface area contributed by atoms with E-state index in [2.05, 4.69) is 72.2 Å². The van der Waals surface area contributed by atoms with Crippen molar-refractivity contribution < 1.29 is 4.39 Å². The van der Waals surface area contributed by atoms with Gasteiger partial charge in [0.05, 0.1) is 17.1 Å². The van der Waals surface area contributed by atoms with Crippen molar-refractivity contribution in [3.8, 4) is 0 Å². The fraction of sp³-hybridized carbons (Fsp3) is 0.407. The Bertz CT molecular complexity index is 1380. The third-order valence-corrected chi connectivity index (χ3v) is 6.30. The summed E-state index contributed by atoms with van der Waals surface area (Å²) >= 11 is 0. The number of hydrogen-bond acceptors (Lipinski definition) is 5. The Kier molecular flexibility index (Phi) is 6.85. The molecule has 0 radical (unpaired) electrons. The van der Waals surface area contributed by atoms with Gasteiger partial charge in [0.1, 0.15) is 5.82 Å². The Morgan fingerprint density at radius 3 is 2.46 bits per heavy atom. The number of nitrogens with one attached hydrogen (secondary N) is 1. The van der Waals surface area contributed by atoms with Gasteiger partial charge in [-0.15, -0.1) is 5.10 Å². The van der Waals surface area contributed by atoms with Gasteiger partial charge in [-0.2, -0.15) is 0 Å². The van der Waals surface area contributed by atoms with Crippen LogP contribution in [0.2, 0.25) is 0 Å². The van der Waals surface area contributed by atoms with Crippen LogP contribution in [0.1, 0.15) is 68.2 Å². The smallest absolute Gasteiger partial charge is 0.252 e. The molecular formula is C27H33FN6O. The third kappa shape index (κ3) is 5.32. The minimum absolute atomic E-state index is 0.112. The molecule has 0 amide bonds. The standard InChI is InChI=1S/C27H33FN6O/c1-7-23(25-30-31-32-34(25)27(4,5)6)33(15-19-8-10-22(28)11-9-19)16-21-14-20-13-17(2)12-18(3)24(20)29-26(21)35/h8-14,23H,7,15-16H2,1-6H3,(H,29,35). The number of tetrazole rings is 1. The molecule has 35 heavy (non-hydrogen) atoms. The van der Waals surface area contributed by atoms with E-state index in [1.807, 2.05) is 17.7 Å². The van der Waals surface area contributed by atoms with Gasteiger partial charge >= 0.3 is 0 Å². The largest absolute Gasteiger partial charge is 0.321 e. The molecule has 2 aromatic heterocycles. The van der Waals surface area contributed by atoms with Crippen molar-refractivity contribution >= 4 is 10.9 Å². The number of benzene rings is 2. The van der Waals surface area contributed by atoms with E-state index in [0.717, 1.165) is 39.8 Å². The maximum atomic E-state index is 13.6. The van der Waals surface area contributed by atoms with Crippen LogP contribution in [0.25, 0.3) is 10.9 Å². The maximum Gasteiger partial charge on any atom is 0.252 e. The Morgan fingerprint density at radius 1 is 1.09 bits per heavy atom. The van der Waals surface area contributed by atoms with Crippen LogP contribution >= 0.6 is 0 Å². The fourth-order valence-electron chi connectivity index (χ4n) is 4.65. The topological polar surface area (TPSA) is 79.7 Å². The number of rotatable bonds is 7. The highest BCUT2D eigenvalue weighted by atomic mass is 19.1. The van der Waals surface area contributed by atoms with Gasteiger partial charge in [-0.3, -0.25) is 9.69 Å². The molecule has 0 spiro atoms. The molecule has 1 N–H and O–H groups in total. The van der Waals surface area contributed by atoms with Gasteiger partial charge in [0.2, 0.25) is 0 Å². The van der Waals surface area contributed by atoms with Gasteiger partial charge in [0.25, 0.3) is 5.56 Å². The minimum Gasteiger partial charge on any atom is -0.321 e. The van der Waals surface area contributed by atoms with Crippen molar-refractivity contribution in [2.45, 2.75) is 72.6 Å². The van der Waals surface area contributed by atoms with Crippen LogP contribution in [0.5, 0.6) is 0 Å². The van der Waals surface area contributed by atoms with Gasteiger partial charge in [-0.1, -0.05) is 30.7 Å². The van der Waals surface area contributed by atoms with E-state index in [0.29, 0.717) is 18.7 Å². The number of pyridine rings is 1. The van der Waals surface area contributed by atoms with Crippen molar-refractivity contribution in [1.29, 1.82) is 0 Å². The van der Waals surface area contributed by atoms with E-state index in [4.69, 9.17) is 0 Å². The Morgan fingerprint density at radius 2 is 1.80 bits per heavy atom. The molecule has 0 bridgehead atoms. The summed E-state index contributed by atoms with van der Waals surface area (Å²) in [4.78, 5) is 18.4. The number of halogens is 1. The molecule has 0 aliphatic heterocycles. The van der Waals surface area contributed by atoms with E-state index >= 15 is 0 Å². The molecular weight excluding hydrogens is 443 g/mol. The van der Waals surface area contributed by atoms with Gasteiger partial charge in [0, 0.05) is 18.7 Å². The first kappa shape index (κ1) is 24.7. The second kappa shape index (κ2) is 9.70. The summed E-state index contributed by atoms with van der Waals surface area (Å²) in [5.41, 5.74) is 4.25. The zero-order valence-corrected chi connectivity index (χ0v) is 21.3. The van der Waals surface area contributed by atoms with E-state index in [1.54, 1.807) is 12.1 Å². The molecule has 0 aliphatic carbocycles. The van der Waals surface area contributed by atoms with Crippen LogP contribution in [0, 0.1) is 19.7 Å². The average Bonchev–Trinajstić information content (AvgIpc) is 3.27. The number of fused-ring (bicyclic) bond motifs is 1. The van der Waals surface area contributed by atoms with Crippen molar-refractivity contribution in [1.82, 2.24) is 30.1 Å². The Balaban J connectivity index is 1.79. The average molecular weight is 477 g/mol. The third-order valence-electron chi connectivity index (χ3n) is 6.30. The van der Waals surface area contributed by atoms with Crippen LogP contribution in [0.4, 0.5) is 4.39 Å². The predicted octanol–water partition coefficient (Wildman–Crippen LogP) is 5.18. The molecule has 8 heteroatoms. The Hall–Kier alpha value is -3.39. The molecule has 2 aromatic carbocycles. The molecule has 2 heterocycles. The first-order valence-corrected chi connectivity index (χ1v) is 12.0. The highest BCUT2D eigenvalue weighted by Crippen LogP contribution is 2.29. The van der Waals surface area contributed by atoms with Crippen LogP contribution < -0.4 is 5.56 Å². The lowest BCUT2D eigenvalue weighted by Crippen LogP contribution is -2.35. The summed E-state index contributed by atoms with van der Waals surface area (Å²) in [6.45, 7) is 13.2. The lowest BCUT2D eigenvalue weighted by Gasteiger charge is -2.32. The summed E-state index contributed by atoms with van der Waals surface area (Å²) in [6.07, 6.45) is 0.737. The molecule has 7 nitrogen and oxygen atoms in total. The minimum atomic E-state index is -0.302. The number of aromatic nitrogens is 5. The van der Waals surface area contributed by atoms with E-state index in [9.17, 15) is 9.18 Å². The second-order valence-electron chi connectivity index (χ2n) is 10.2. The van der Waals surface area contributed by atoms with Crippen LogP contribution in [0.3, 0.4) is 0 Å². The number of hydrogen-bond donors (Lipinski definition) is 1. The predicted molar refractivity (Wildman–Crippen MR) is 136 cm³/mol. The second-order valence-corrected chi connectivity index (χ2v) is 10.2. The molecule has 0 fully saturated rings. The maximum absolute atomic E-state index is 13.6. The summed E-state index contributed by atoms with van der Waals surface area (Å²) < 4.78 is 15.4. The van der Waals surface area contributed by atoms with Crippen molar-refractivity contribution in [3.63, 3.8) is 0 Å². The molecule has 1 atom stereocenters. The summed E-state index contributed by atoms with van der Waals surface area (Å²) in [5.74, 6) is 0.465.